The first kappa shape index (κ1) is 9.89. The zero-order valence-electron chi connectivity index (χ0n) is 10.4. The number of aromatic nitrogens is 2. The van der Waals surface area contributed by atoms with Gasteiger partial charge in [-0.05, 0) is 24.6 Å². The van der Waals surface area contributed by atoms with Gasteiger partial charge in [0, 0.05) is 29.0 Å². The Hall–Kier alpha value is -2.09. The maximum atomic E-state index is 3.57. The molecule has 0 saturated heterocycles. The molecule has 0 radical (unpaired) electrons. The SMILES string of the molecule is Cc1ccc2[n+](c1)CCc1c-2[nH]c2ccccc12. The number of para-hydroxylation sites is 1. The fourth-order valence-electron chi connectivity index (χ4n) is 2.99. The van der Waals surface area contributed by atoms with Crippen LogP contribution in [-0.4, -0.2) is 4.98 Å². The van der Waals surface area contributed by atoms with Gasteiger partial charge in [0.2, 0.25) is 5.69 Å². The van der Waals surface area contributed by atoms with Gasteiger partial charge in [-0.3, -0.25) is 0 Å². The van der Waals surface area contributed by atoms with Gasteiger partial charge in [0.1, 0.15) is 5.69 Å². The number of H-pyrrole nitrogens is 1. The summed E-state index contributed by atoms with van der Waals surface area (Å²) in [6.45, 7) is 3.22. The van der Waals surface area contributed by atoms with E-state index in [4.69, 9.17) is 0 Å². The first-order valence-corrected chi connectivity index (χ1v) is 6.43. The summed E-state index contributed by atoms with van der Waals surface area (Å²) in [6, 6.07) is 13.0. The molecule has 0 spiro atoms. The molecule has 18 heavy (non-hydrogen) atoms. The fourth-order valence-corrected chi connectivity index (χ4v) is 2.99. The number of fused-ring (bicyclic) bond motifs is 5. The van der Waals surface area contributed by atoms with Crippen LogP contribution in [0.15, 0.2) is 42.6 Å². The van der Waals surface area contributed by atoms with Crippen LogP contribution in [0.1, 0.15) is 11.1 Å². The largest absolute Gasteiger partial charge is 0.349 e. The molecular weight excluding hydrogens is 220 g/mol. The average molecular weight is 235 g/mol. The van der Waals surface area contributed by atoms with Gasteiger partial charge in [0.05, 0.1) is 0 Å². The van der Waals surface area contributed by atoms with Crippen molar-refractivity contribution in [2.24, 2.45) is 0 Å². The number of nitrogens with zero attached hydrogens (tertiary/aromatic N) is 1. The Balaban J connectivity index is 2.06. The van der Waals surface area contributed by atoms with E-state index in [2.05, 4.69) is 59.1 Å². The molecular formula is C16H15N2+. The quantitative estimate of drug-likeness (QED) is 0.578. The van der Waals surface area contributed by atoms with Crippen molar-refractivity contribution in [3.63, 3.8) is 0 Å². The van der Waals surface area contributed by atoms with E-state index < -0.39 is 0 Å². The Kier molecular flexibility index (Phi) is 1.90. The van der Waals surface area contributed by atoms with E-state index in [-0.39, 0.29) is 0 Å². The highest BCUT2D eigenvalue weighted by Crippen LogP contribution is 2.31. The van der Waals surface area contributed by atoms with Gasteiger partial charge in [0.15, 0.2) is 12.7 Å². The Morgan fingerprint density at radius 1 is 1.11 bits per heavy atom. The highest BCUT2D eigenvalue weighted by molar-refractivity contribution is 5.90. The van der Waals surface area contributed by atoms with Crippen LogP contribution in [0, 0.1) is 6.92 Å². The van der Waals surface area contributed by atoms with E-state index in [1.54, 1.807) is 0 Å². The average Bonchev–Trinajstić information content (AvgIpc) is 2.77. The molecule has 2 nitrogen and oxygen atoms in total. The van der Waals surface area contributed by atoms with Crippen molar-refractivity contribution < 1.29 is 4.57 Å². The second kappa shape index (κ2) is 3.45. The van der Waals surface area contributed by atoms with Gasteiger partial charge in [-0.25, -0.2) is 0 Å². The van der Waals surface area contributed by atoms with Crippen LogP contribution in [0.3, 0.4) is 0 Å². The lowest BCUT2D eigenvalue weighted by Gasteiger charge is -2.11. The third-order valence-electron chi connectivity index (χ3n) is 3.85. The van der Waals surface area contributed by atoms with Crippen LogP contribution in [0.5, 0.6) is 0 Å². The standard InChI is InChI=1S/C16H14N2/c1-11-6-7-15-16-13(8-9-18(15)10-11)12-4-2-3-5-14(12)17-16/h2-7,10H,8-9H2,1H3/p+1. The van der Waals surface area contributed by atoms with Crippen LogP contribution in [-0.2, 0) is 13.0 Å². The summed E-state index contributed by atoms with van der Waals surface area (Å²) in [5.41, 5.74) is 6.63. The summed E-state index contributed by atoms with van der Waals surface area (Å²) in [7, 11) is 0. The summed E-state index contributed by atoms with van der Waals surface area (Å²) in [4.78, 5) is 3.57. The molecule has 0 amide bonds. The van der Waals surface area contributed by atoms with E-state index in [9.17, 15) is 0 Å². The highest BCUT2D eigenvalue weighted by atomic mass is 15.0. The molecule has 3 heterocycles. The maximum Gasteiger partial charge on any atom is 0.229 e. The second-order valence-electron chi connectivity index (χ2n) is 5.06. The van der Waals surface area contributed by atoms with Crippen molar-refractivity contribution in [1.29, 1.82) is 0 Å². The Morgan fingerprint density at radius 3 is 2.94 bits per heavy atom. The number of pyridine rings is 1. The Labute approximate surface area is 106 Å². The van der Waals surface area contributed by atoms with Crippen LogP contribution in [0.2, 0.25) is 0 Å². The van der Waals surface area contributed by atoms with Crippen LogP contribution in [0.25, 0.3) is 22.3 Å². The lowest BCUT2D eigenvalue weighted by molar-refractivity contribution is -0.688. The lowest BCUT2D eigenvalue weighted by Crippen LogP contribution is -2.40. The highest BCUT2D eigenvalue weighted by Gasteiger charge is 2.25. The molecule has 2 aromatic heterocycles. The number of rotatable bonds is 0. The van der Waals surface area contributed by atoms with Gasteiger partial charge in [-0.1, -0.05) is 18.2 Å². The molecule has 1 aliphatic heterocycles. The zero-order valence-corrected chi connectivity index (χ0v) is 10.4. The van der Waals surface area contributed by atoms with E-state index >= 15 is 0 Å². The summed E-state index contributed by atoms with van der Waals surface area (Å²) in [5.74, 6) is 0. The minimum absolute atomic E-state index is 1.08. The predicted molar refractivity (Wildman–Crippen MR) is 72.4 cm³/mol. The van der Waals surface area contributed by atoms with Gasteiger partial charge in [-0.15, -0.1) is 0 Å². The van der Waals surface area contributed by atoms with Gasteiger partial charge in [-0.2, -0.15) is 4.57 Å². The second-order valence-corrected chi connectivity index (χ2v) is 5.06. The molecule has 0 saturated carbocycles. The summed E-state index contributed by atoms with van der Waals surface area (Å²) < 4.78 is 2.35. The summed E-state index contributed by atoms with van der Waals surface area (Å²) >= 11 is 0. The topological polar surface area (TPSA) is 19.7 Å². The van der Waals surface area contributed by atoms with Gasteiger partial charge < -0.3 is 4.98 Å². The van der Waals surface area contributed by atoms with Crippen LogP contribution >= 0.6 is 0 Å². The lowest BCUT2D eigenvalue weighted by atomic mass is 10.0. The predicted octanol–water partition coefficient (Wildman–Crippen LogP) is 2.99. The fraction of sp³-hybridized carbons (Fsp3) is 0.188. The van der Waals surface area contributed by atoms with Crippen LogP contribution in [0.4, 0.5) is 0 Å². The van der Waals surface area contributed by atoms with Crippen LogP contribution < -0.4 is 4.57 Å². The van der Waals surface area contributed by atoms with E-state index in [1.807, 2.05) is 0 Å². The summed E-state index contributed by atoms with van der Waals surface area (Å²) in [6.07, 6.45) is 3.35. The Bertz CT molecular complexity index is 753. The maximum absolute atomic E-state index is 3.57. The smallest absolute Gasteiger partial charge is 0.229 e. The van der Waals surface area contributed by atoms with Crippen molar-refractivity contribution in [3.8, 4) is 11.4 Å². The molecule has 3 aromatic rings. The molecule has 1 N–H and O–H groups in total. The normalized spacial score (nSPS) is 13.4. The first-order chi connectivity index (χ1) is 8.83. The summed E-state index contributed by atoms with van der Waals surface area (Å²) in [5, 5.41) is 1.37. The number of aryl methyl sites for hydroxylation is 3. The molecule has 0 atom stereocenters. The van der Waals surface area contributed by atoms with Crippen molar-refractivity contribution in [2.75, 3.05) is 0 Å². The number of aromatic amines is 1. The van der Waals surface area contributed by atoms with Gasteiger partial charge in [0.25, 0.3) is 0 Å². The third-order valence-corrected chi connectivity index (χ3v) is 3.85. The van der Waals surface area contributed by atoms with Crippen molar-refractivity contribution in [1.82, 2.24) is 4.98 Å². The molecule has 0 bridgehead atoms. The molecule has 0 fully saturated rings. The number of nitrogens with one attached hydrogen (secondary N) is 1. The zero-order chi connectivity index (χ0) is 12.1. The van der Waals surface area contributed by atoms with E-state index in [0.29, 0.717) is 0 Å². The minimum atomic E-state index is 1.08. The molecule has 88 valence electrons. The molecule has 1 aliphatic rings. The van der Waals surface area contributed by atoms with Crippen molar-refractivity contribution in [2.45, 2.75) is 19.9 Å². The van der Waals surface area contributed by atoms with Gasteiger partial charge >= 0.3 is 0 Å². The molecule has 4 rings (SSSR count). The minimum Gasteiger partial charge on any atom is -0.349 e. The molecule has 0 unspecified atom stereocenters. The monoisotopic (exact) mass is 235 g/mol. The van der Waals surface area contributed by atoms with E-state index in [1.165, 1.54) is 33.4 Å². The van der Waals surface area contributed by atoms with Crippen molar-refractivity contribution >= 4 is 10.9 Å². The van der Waals surface area contributed by atoms with Crippen molar-refractivity contribution in [3.05, 3.63) is 53.7 Å². The molecule has 1 aromatic carbocycles. The number of hydrogen-bond donors (Lipinski definition) is 1. The van der Waals surface area contributed by atoms with E-state index in [0.717, 1.165) is 13.0 Å². The Morgan fingerprint density at radius 2 is 2.00 bits per heavy atom. The first-order valence-electron chi connectivity index (χ1n) is 6.43. The number of benzene rings is 1. The number of hydrogen-bond acceptors (Lipinski definition) is 0. The molecule has 2 heteroatoms. The molecule has 0 aliphatic carbocycles. The third kappa shape index (κ3) is 1.26.